The molecule has 29 heavy (non-hydrogen) atoms. The van der Waals surface area contributed by atoms with Crippen LogP contribution in [0.25, 0.3) is 0 Å². The van der Waals surface area contributed by atoms with Crippen LogP contribution in [0.5, 0.6) is 0 Å². The van der Waals surface area contributed by atoms with Gasteiger partial charge in [0.15, 0.2) is 24.1 Å². The molecule has 0 radical (unpaired) electrons. The zero-order valence-corrected chi connectivity index (χ0v) is 17.4. The Hall–Kier alpha value is -2.20. The molecular weight excluding hydrogens is 409 g/mol. The van der Waals surface area contributed by atoms with E-state index in [9.17, 15) is 14.4 Å². The maximum absolute atomic E-state index is 15.4. The monoisotopic (exact) mass is 433 g/mol. The first-order valence-corrected chi connectivity index (χ1v) is 9.65. The SMILES string of the molecule is CC(C)C(=O)OC[C@@]1(CCl)O[C@@H](n2ccc(N)nc2=O)C(F)[C@@H]1OC(=O)C(C)C. The van der Waals surface area contributed by atoms with E-state index in [1.54, 1.807) is 27.7 Å². The van der Waals surface area contributed by atoms with Gasteiger partial charge in [-0.1, -0.05) is 27.7 Å². The highest BCUT2D eigenvalue weighted by Crippen LogP contribution is 2.42. The Morgan fingerprint density at radius 3 is 2.48 bits per heavy atom. The van der Waals surface area contributed by atoms with E-state index in [1.807, 2.05) is 0 Å². The fraction of sp³-hybridized carbons (Fsp3) is 0.667. The van der Waals surface area contributed by atoms with Gasteiger partial charge < -0.3 is 19.9 Å². The highest BCUT2D eigenvalue weighted by Gasteiger charge is 2.59. The molecule has 9 nitrogen and oxygen atoms in total. The van der Waals surface area contributed by atoms with Gasteiger partial charge in [-0.2, -0.15) is 4.98 Å². The first kappa shape index (κ1) is 23.1. The number of esters is 2. The summed E-state index contributed by atoms with van der Waals surface area (Å²) in [7, 11) is 0. The van der Waals surface area contributed by atoms with Crippen LogP contribution in [-0.4, -0.2) is 51.9 Å². The van der Waals surface area contributed by atoms with Crippen LogP contribution in [0.1, 0.15) is 33.9 Å². The second-order valence-electron chi connectivity index (χ2n) is 7.47. The summed E-state index contributed by atoms with van der Waals surface area (Å²) in [5.74, 6) is -2.64. The van der Waals surface area contributed by atoms with E-state index in [4.69, 9.17) is 31.5 Å². The number of ether oxygens (including phenoxy) is 3. The van der Waals surface area contributed by atoms with Crippen LogP contribution in [0.2, 0.25) is 0 Å². The lowest BCUT2D eigenvalue weighted by Gasteiger charge is -2.32. The van der Waals surface area contributed by atoms with E-state index in [1.165, 1.54) is 12.3 Å². The van der Waals surface area contributed by atoms with Crippen LogP contribution in [0.4, 0.5) is 10.2 Å². The molecule has 1 aromatic heterocycles. The topological polar surface area (TPSA) is 123 Å². The minimum absolute atomic E-state index is 0.0445. The third-order valence-electron chi connectivity index (χ3n) is 4.43. The number of hydrogen-bond donors (Lipinski definition) is 1. The number of carbonyl (C=O) groups excluding carboxylic acids is 2. The Balaban J connectivity index is 2.42. The van der Waals surface area contributed by atoms with Gasteiger partial charge in [-0.25, -0.2) is 9.18 Å². The molecule has 1 fully saturated rings. The maximum atomic E-state index is 15.4. The number of nitrogens with zero attached hydrogens (tertiary/aromatic N) is 2. The largest absolute Gasteiger partial charge is 0.462 e. The van der Waals surface area contributed by atoms with Gasteiger partial charge in [-0.3, -0.25) is 14.2 Å². The molecule has 2 N–H and O–H groups in total. The summed E-state index contributed by atoms with van der Waals surface area (Å²) in [5, 5.41) is 0. The fourth-order valence-electron chi connectivity index (χ4n) is 2.70. The molecule has 1 saturated heterocycles. The highest BCUT2D eigenvalue weighted by atomic mass is 35.5. The Bertz CT molecular complexity index is 817. The second-order valence-corrected chi connectivity index (χ2v) is 7.74. The number of alkyl halides is 2. The first-order valence-electron chi connectivity index (χ1n) is 9.12. The van der Waals surface area contributed by atoms with Crippen molar-refractivity contribution in [3.63, 3.8) is 0 Å². The van der Waals surface area contributed by atoms with Gasteiger partial charge in [0.25, 0.3) is 0 Å². The van der Waals surface area contributed by atoms with Crippen molar-refractivity contribution in [1.29, 1.82) is 0 Å². The highest BCUT2D eigenvalue weighted by molar-refractivity contribution is 6.18. The van der Waals surface area contributed by atoms with E-state index >= 15 is 4.39 Å². The van der Waals surface area contributed by atoms with E-state index in [0.29, 0.717) is 0 Å². The Kier molecular flexibility index (Phi) is 7.23. The molecule has 1 unspecified atom stereocenters. The molecule has 4 atom stereocenters. The number of carbonyl (C=O) groups is 2. The number of anilines is 1. The van der Waals surface area contributed by atoms with Gasteiger partial charge >= 0.3 is 17.6 Å². The van der Waals surface area contributed by atoms with Gasteiger partial charge in [-0.05, 0) is 6.07 Å². The van der Waals surface area contributed by atoms with E-state index in [2.05, 4.69) is 4.98 Å². The predicted octanol–water partition coefficient (Wildman–Crippen LogP) is 1.44. The van der Waals surface area contributed by atoms with Crippen LogP contribution >= 0.6 is 11.6 Å². The average Bonchev–Trinajstić information content (AvgIpc) is 2.92. The molecule has 0 aliphatic carbocycles. The van der Waals surface area contributed by atoms with Crippen LogP contribution in [-0.2, 0) is 23.8 Å². The summed E-state index contributed by atoms with van der Waals surface area (Å²) in [4.78, 5) is 39.8. The molecule has 0 spiro atoms. The van der Waals surface area contributed by atoms with Crippen molar-refractivity contribution < 1.29 is 28.2 Å². The van der Waals surface area contributed by atoms with Gasteiger partial charge in [0, 0.05) is 6.20 Å². The van der Waals surface area contributed by atoms with Crippen LogP contribution in [0.3, 0.4) is 0 Å². The van der Waals surface area contributed by atoms with Crippen molar-refractivity contribution in [1.82, 2.24) is 9.55 Å². The lowest BCUT2D eigenvalue weighted by molar-refractivity contribution is -0.177. The zero-order chi connectivity index (χ0) is 21.9. The molecule has 162 valence electrons. The molecule has 2 heterocycles. The van der Waals surface area contributed by atoms with E-state index in [-0.39, 0.29) is 11.7 Å². The summed E-state index contributed by atoms with van der Waals surface area (Å²) in [5.41, 5.74) is 2.93. The lowest BCUT2D eigenvalue weighted by atomic mass is 9.98. The molecule has 0 bridgehead atoms. The van der Waals surface area contributed by atoms with E-state index in [0.717, 1.165) is 4.57 Å². The molecule has 2 rings (SSSR count). The number of aromatic nitrogens is 2. The quantitative estimate of drug-likeness (QED) is 0.506. The third kappa shape index (κ3) is 4.87. The second kappa shape index (κ2) is 9.08. The lowest BCUT2D eigenvalue weighted by Crippen LogP contribution is -2.51. The standard InChI is InChI=1S/C18H25ClFN3O6/c1-9(2)15(24)27-8-18(7-19)13(28-16(25)10(3)4)12(20)14(29-18)23-6-5-11(21)22-17(23)26/h5-6,9-10,12-14H,7-8H2,1-4H3,(H2,21,22,26)/t12?,13-,14+,18+/m0/s1. The molecule has 1 aromatic rings. The minimum atomic E-state index is -1.97. The zero-order valence-electron chi connectivity index (χ0n) is 16.6. The predicted molar refractivity (Wildman–Crippen MR) is 102 cm³/mol. The molecule has 1 aliphatic rings. The Labute approximate surface area is 172 Å². The summed E-state index contributed by atoms with van der Waals surface area (Å²) < 4.78 is 32.6. The van der Waals surface area contributed by atoms with Crippen molar-refractivity contribution in [2.75, 3.05) is 18.2 Å². The third-order valence-corrected chi connectivity index (χ3v) is 4.88. The first-order chi connectivity index (χ1) is 13.5. The summed E-state index contributed by atoms with van der Waals surface area (Å²) in [6, 6.07) is 1.30. The molecule has 0 saturated carbocycles. The van der Waals surface area contributed by atoms with Crippen LogP contribution in [0, 0.1) is 11.8 Å². The average molecular weight is 434 g/mol. The number of nitrogens with two attached hydrogens (primary N) is 1. The Morgan fingerprint density at radius 1 is 1.34 bits per heavy atom. The maximum Gasteiger partial charge on any atom is 0.351 e. The number of rotatable bonds is 7. The van der Waals surface area contributed by atoms with Crippen molar-refractivity contribution in [3.8, 4) is 0 Å². The van der Waals surface area contributed by atoms with Crippen molar-refractivity contribution in [2.24, 2.45) is 11.8 Å². The summed E-state index contributed by atoms with van der Waals surface area (Å²) in [6.07, 6.45) is -3.77. The summed E-state index contributed by atoms with van der Waals surface area (Å²) in [6.45, 7) is 5.96. The molecule has 0 aromatic carbocycles. The molecule has 1 aliphatic heterocycles. The van der Waals surface area contributed by atoms with Gasteiger partial charge in [-0.15, -0.1) is 11.6 Å². The van der Waals surface area contributed by atoms with Crippen LogP contribution in [0.15, 0.2) is 17.1 Å². The van der Waals surface area contributed by atoms with Crippen molar-refractivity contribution >= 4 is 29.4 Å². The normalized spacial score (nSPS) is 26.7. The van der Waals surface area contributed by atoms with Crippen LogP contribution < -0.4 is 11.4 Å². The number of hydrogen-bond acceptors (Lipinski definition) is 8. The molecular formula is C18H25ClFN3O6. The van der Waals surface area contributed by atoms with Gasteiger partial charge in [0.1, 0.15) is 12.4 Å². The minimum Gasteiger partial charge on any atom is -0.462 e. The van der Waals surface area contributed by atoms with Crippen molar-refractivity contribution in [2.45, 2.75) is 51.8 Å². The molecule has 0 amide bonds. The van der Waals surface area contributed by atoms with E-state index < -0.39 is 60.2 Å². The van der Waals surface area contributed by atoms with Crippen molar-refractivity contribution in [3.05, 3.63) is 22.7 Å². The summed E-state index contributed by atoms with van der Waals surface area (Å²) >= 11 is 6.07. The smallest absolute Gasteiger partial charge is 0.351 e. The number of nitrogen functional groups attached to an aromatic ring is 1. The number of halogens is 2. The van der Waals surface area contributed by atoms with Gasteiger partial charge in [0.05, 0.1) is 17.7 Å². The Morgan fingerprint density at radius 2 is 1.97 bits per heavy atom. The molecule has 11 heteroatoms. The van der Waals surface area contributed by atoms with Gasteiger partial charge in [0.2, 0.25) is 0 Å². The fourth-order valence-corrected chi connectivity index (χ4v) is 2.99.